The molecule has 0 saturated carbocycles. The van der Waals surface area contributed by atoms with Gasteiger partial charge in [0.2, 0.25) is 0 Å². The maximum absolute atomic E-state index is 6.14. The zero-order valence-electron chi connectivity index (χ0n) is 13.6. The molecule has 0 aliphatic carbocycles. The third-order valence-corrected chi connectivity index (χ3v) is 4.10. The standard InChI is InChI=1S/C17H29N3O/c1-4-9-20(17-8-6-5-7-16(17)18)13-15-12-19(14(2)3)10-11-21-15/h5-8,14-15H,4,9-13,18H2,1-3H3. The first-order valence-corrected chi connectivity index (χ1v) is 8.07. The number of para-hydroxylation sites is 2. The second-order valence-corrected chi connectivity index (χ2v) is 6.09. The topological polar surface area (TPSA) is 41.7 Å². The van der Waals surface area contributed by atoms with Gasteiger partial charge in [-0.05, 0) is 32.4 Å². The lowest BCUT2D eigenvalue weighted by Crippen LogP contribution is -2.50. The van der Waals surface area contributed by atoms with Gasteiger partial charge in [0, 0.05) is 32.2 Å². The summed E-state index contributed by atoms with van der Waals surface area (Å²) in [5, 5.41) is 0. The van der Waals surface area contributed by atoms with Gasteiger partial charge in [-0.2, -0.15) is 0 Å². The van der Waals surface area contributed by atoms with E-state index < -0.39 is 0 Å². The lowest BCUT2D eigenvalue weighted by Gasteiger charge is -2.38. The molecule has 1 aliphatic rings. The fourth-order valence-corrected chi connectivity index (χ4v) is 2.92. The highest BCUT2D eigenvalue weighted by Crippen LogP contribution is 2.24. The maximum Gasteiger partial charge on any atom is 0.0877 e. The zero-order valence-corrected chi connectivity index (χ0v) is 13.6. The molecule has 118 valence electrons. The fourth-order valence-electron chi connectivity index (χ4n) is 2.92. The number of nitrogens with two attached hydrogens (primary N) is 1. The van der Waals surface area contributed by atoms with Crippen LogP contribution in [0.1, 0.15) is 27.2 Å². The molecule has 1 aromatic carbocycles. The predicted molar refractivity (Wildman–Crippen MR) is 89.8 cm³/mol. The summed E-state index contributed by atoms with van der Waals surface area (Å²) in [6, 6.07) is 8.70. The average Bonchev–Trinajstić information content (AvgIpc) is 2.48. The lowest BCUT2D eigenvalue weighted by atomic mass is 10.1. The van der Waals surface area contributed by atoms with Crippen LogP contribution in [-0.4, -0.2) is 49.8 Å². The van der Waals surface area contributed by atoms with Crippen molar-refractivity contribution < 1.29 is 4.74 Å². The molecule has 1 aromatic rings. The summed E-state index contributed by atoms with van der Waals surface area (Å²) in [6.45, 7) is 11.5. The highest BCUT2D eigenvalue weighted by molar-refractivity contribution is 5.67. The van der Waals surface area contributed by atoms with Crippen LogP contribution in [0.5, 0.6) is 0 Å². The Hall–Kier alpha value is -1.26. The number of nitrogen functional groups attached to an aromatic ring is 1. The summed E-state index contributed by atoms with van der Waals surface area (Å²) in [4.78, 5) is 4.86. The van der Waals surface area contributed by atoms with Gasteiger partial charge in [-0.1, -0.05) is 19.1 Å². The molecule has 0 amide bonds. The summed E-state index contributed by atoms with van der Waals surface area (Å²) in [5.74, 6) is 0. The molecule has 0 radical (unpaired) electrons. The van der Waals surface area contributed by atoms with E-state index in [1.807, 2.05) is 12.1 Å². The van der Waals surface area contributed by atoms with Gasteiger partial charge in [0.25, 0.3) is 0 Å². The lowest BCUT2D eigenvalue weighted by molar-refractivity contribution is -0.0342. The number of hydrogen-bond donors (Lipinski definition) is 1. The molecule has 1 saturated heterocycles. The van der Waals surface area contributed by atoms with Crippen LogP contribution in [-0.2, 0) is 4.74 Å². The Morgan fingerprint density at radius 1 is 1.38 bits per heavy atom. The summed E-state index contributed by atoms with van der Waals surface area (Å²) in [7, 11) is 0. The number of morpholine rings is 1. The minimum Gasteiger partial charge on any atom is -0.397 e. The van der Waals surface area contributed by atoms with Gasteiger partial charge in [-0.15, -0.1) is 0 Å². The molecule has 1 fully saturated rings. The van der Waals surface area contributed by atoms with E-state index >= 15 is 0 Å². The van der Waals surface area contributed by atoms with Crippen molar-refractivity contribution in [3.8, 4) is 0 Å². The monoisotopic (exact) mass is 291 g/mol. The Bertz CT molecular complexity index is 436. The van der Waals surface area contributed by atoms with Gasteiger partial charge >= 0.3 is 0 Å². The maximum atomic E-state index is 6.14. The van der Waals surface area contributed by atoms with Crippen molar-refractivity contribution in [2.45, 2.75) is 39.3 Å². The molecule has 4 heteroatoms. The van der Waals surface area contributed by atoms with Gasteiger partial charge in [0.15, 0.2) is 0 Å². The minimum absolute atomic E-state index is 0.257. The number of anilines is 2. The fraction of sp³-hybridized carbons (Fsp3) is 0.647. The van der Waals surface area contributed by atoms with Gasteiger partial charge < -0.3 is 15.4 Å². The van der Waals surface area contributed by atoms with Crippen LogP contribution < -0.4 is 10.6 Å². The molecule has 2 N–H and O–H groups in total. The van der Waals surface area contributed by atoms with E-state index in [1.54, 1.807) is 0 Å². The van der Waals surface area contributed by atoms with E-state index in [1.165, 1.54) is 0 Å². The normalized spacial score (nSPS) is 19.9. The van der Waals surface area contributed by atoms with Crippen LogP contribution in [0.3, 0.4) is 0 Å². The van der Waals surface area contributed by atoms with Gasteiger partial charge in [0.1, 0.15) is 0 Å². The van der Waals surface area contributed by atoms with Crippen molar-refractivity contribution in [2.75, 3.05) is 43.4 Å². The van der Waals surface area contributed by atoms with Crippen LogP contribution in [0.15, 0.2) is 24.3 Å². The Labute approximate surface area is 128 Å². The third kappa shape index (κ3) is 4.35. The number of benzene rings is 1. The first-order chi connectivity index (χ1) is 10.1. The van der Waals surface area contributed by atoms with E-state index in [0.29, 0.717) is 6.04 Å². The highest BCUT2D eigenvalue weighted by atomic mass is 16.5. The Morgan fingerprint density at radius 3 is 2.81 bits per heavy atom. The summed E-state index contributed by atoms with van der Waals surface area (Å²) in [6.07, 6.45) is 1.36. The third-order valence-electron chi connectivity index (χ3n) is 4.10. The SMILES string of the molecule is CCCN(CC1CN(C(C)C)CCO1)c1ccccc1N. The molecule has 1 unspecified atom stereocenters. The van der Waals surface area contributed by atoms with Crippen molar-refractivity contribution in [3.63, 3.8) is 0 Å². The van der Waals surface area contributed by atoms with Crippen molar-refractivity contribution in [1.29, 1.82) is 0 Å². The van der Waals surface area contributed by atoms with Gasteiger partial charge in [-0.25, -0.2) is 0 Å². The molecule has 2 rings (SSSR count). The molecule has 1 aliphatic heterocycles. The van der Waals surface area contributed by atoms with Crippen LogP contribution in [0.2, 0.25) is 0 Å². The largest absolute Gasteiger partial charge is 0.397 e. The number of ether oxygens (including phenoxy) is 1. The minimum atomic E-state index is 0.257. The van der Waals surface area contributed by atoms with Gasteiger partial charge in [0.05, 0.1) is 24.1 Å². The van der Waals surface area contributed by atoms with E-state index in [9.17, 15) is 0 Å². The molecule has 4 nitrogen and oxygen atoms in total. The predicted octanol–water partition coefficient (Wildman–Crippen LogP) is 2.59. The van der Waals surface area contributed by atoms with Crippen LogP contribution >= 0.6 is 0 Å². The smallest absolute Gasteiger partial charge is 0.0877 e. The summed E-state index contributed by atoms with van der Waals surface area (Å²) >= 11 is 0. The molecule has 0 aromatic heterocycles. The molecular formula is C17H29N3O. The second kappa shape index (κ2) is 7.66. The molecular weight excluding hydrogens is 262 g/mol. The van der Waals surface area contributed by atoms with Crippen LogP contribution in [0, 0.1) is 0 Å². The molecule has 0 spiro atoms. The van der Waals surface area contributed by atoms with Crippen LogP contribution in [0.25, 0.3) is 0 Å². The Balaban J connectivity index is 2.04. The van der Waals surface area contributed by atoms with E-state index in [0.717, 1.165) is 50.6 Å². The summed E-state index contributed by atoms with van der Waals surface area (Å²) < 4.78 is 5.97. The van der Waals surface area contributed by atoms with Crippen molar-refractivity contribution in [2.24, 2.45) is 0 Å². The van der Waals surface area contributed by atoms with Crippen molar-refractivity contribution in [3.05, 3.63) is 24.3 Å². The van der Waals surface area contributed by atoms with Crippen molar-refractivity contribution in [1.82, 2.24) is 4.90 Å². The average molecular weight is 291 g/mol. The quantitative estimate of drug-likeness (QED) is 0.818. The van der Waals surface area contributed by atoms with Crippen LogP contribution in [0.4, 0.5) is 11.4 Å². The number of nitrogens with zero attached hydrogens (tertiary/aromatic N) is 2. The Morgan fingerprint density at radius 2 is 2.14 bits per heavy atom. The number of hydrogen-bond acceptors (Lipinski definition) is 4. The number of rotatable bonds is 6. The van der Waals surface area contributed by atoms with Gasteiger partial charge in [-0.3, -0.25) is 4.90 Å². The van der Waals surface area contributed by atoms with E-state index in [2.05, 4.69) is 42.7 Å². The first kappa shape index (κ1) is 16.1. The molecule has 1 heterocycles. The van der Waals surface area contributed by atoms with Crippen molar-refractivity contribution >= 4 is 11.4 Å². The Kier molecular flexibility index (Phi) is 5.88. The molecule has 1 atom stereocenters. The van der Waals surface area contributed by atoms with E-state index in [4.69, 9.17) is 10.5 Å². The second-order valence-electron chi connectivity index (χ2n) is 6.09. The zero-order chi connectivity index (χ0) is 15.2. The first-order valence-electron chi connectivity index (χ1n) is 8.07. The highest BCUT2D eigenvalue weighted by Gasteiger charge is 2.24. The summed E-state index contributed by atoms with van der Waals surface area (Å²) in [5.41, 5.74) is 8.12. The molecule has 0 bridgehead atoms. The van der Waals surface area contributed by atoms with E-state index in [-0.39, 0.29) is 6.10 Å². The molecule has 21 heavy (non-hydrogen) atoms.